The lowest BCUT2D eigenvalue weighted by molar-refractivity contribution is -0.146. The van der Waals surface area contributed by atoms with Crippen LogP contribution in [0.1, 0.15) is 15.5 Å². The van der Waals surface area contributed by atoms with Gasteiger partial charge in [0.15, 0.2) is 0 Å². The summed E-state index contributed by atoms with van der Waals surface area (Å²) in [6.07, 6.45) is -4.62. The molecule has 3 aromatic rings. The molecule has 0 spiro atoms. The van der Waals surface area contributed by atoms with Crippen LogP contribution < -0.4 is 10.6 Å². The summed E-state index contributed by atoms with van der Waals surface area (Å²) in [6, 6.07) is 7.12. The van der Waals surface area contributed by atoms with Gasteiger partial charge in [0.25, 0.3) is 0 Å². The number of nitrogens with one attached hydrogen (secondary N) is 2. The van der Waals surface area contributed by atoms with E-state index in [1.807, 2.05) is 0 Å². The lowest BCUT2D eigenvalue weighted by Gasteiger charge is -2.12. The summed E-state index contributed by atoms with van der Waals surface area (Å²) in [5.74, 6) is -1.62. The molecule has 28 heavy (non-hydrogen) atoms. The van der Waals surface area contributed by atoms with Crippen LogP contribution in [0.15, 0.2) is 35.7 Å². The Balaban J connectivity index is 1.68. The van der Waals surface area contributed by atoms with Crippen molar-refractivity contribution in [1.82, 2.24) is 14.9 Å². The molecule has 0 aliphatic rings. The molecule has 0 saturated heterocycles. The summed E-state index contributed by atoms with van der Waals surface area (Å²) in [5.41, 5.74) is 0.807. The molecule has 2 aromatic heterocycles. The fourth-order valence-corrected chi connectivity index (χ4v) is 3.39. The molecule has 0 atom stereocenters. The summed E-state index contributed by atoms with van der Waals surface area (Å²) in [6.45, 7) is -0.205. The molecule has 0 aliphatic carbocycles. The second-order valence-electron chi connectivity index (χ2n) is 5.61. The molecule has 2 amide bonds. The maximum atomic E-state index is 13.3. The second-order valence-corrected chi connectivity index (χ2v) is 6.53. The molecule has 3 rings (SSSR count). The van der Waals surface area contributed by atoms with Crippen molar-refractivity contribution >= 4 is 40.1 Å². The minimum absolute atomic E-state index is 0.0764. The minimum atomic E-state index is -4.62. The van der Waals surface area contributed by atoms with Crippen LogP contribution in [0.5, 0.6) is 0 Å². The average Bonchev–Trinajstić information content (AvgIpc) is 3.25. The van der Waals surface area contributed by atoms with E-state index in [0.29, 0.717) is 5.52 Å². The Kier molecular flexibility index (Phi) is 5.54. The van der Waals surface area contributed by atoms with E-state index in [4.69, 9.17) is 0 Å². The maximum Gasteiger partial charge on any atom is 0.449 e. The first-order valence-corrected chi connectivity index (χ1v) is 8.92. The molecule has 2 N–H and O–H groups in total. The fourth-order valence-electron chi connectivity index (χ4n) is 2.62. The van der Waals surface area contributed by atoms with Crippen LogP contribution in [0.25, 0.3) is 11.0 Å². The molecular weight excluding hydrogens is 397 g/mol. The SMILES string of the molecule is COC(=O)c1sccc1NC(=O)NCCn1c(C(F)(F)F)nc2ccccc21. The van der Waals surface area contributed by atoms with E-state index in [-0.39, 0.29) is 29.2 Å². The number of benzene rings is 1. The van der Waals surface area contributed by atoms with Gasteiger partial charge in [-0.25, -0.2) is 14.6 Å². The van der Waals surface area contributed by atoms with Gasteiger partial charge in [-0.05, 0) is 23.6 Å². The summed E-state index contributed by atoms with van der Waals surface area (Å²) in [4.78, 5) is 27.5. The first kappa shape index (κ1) is 19.7. The van der Waals surface area contributed by atoms with Crippen molar-refractivity contribution < 1.29 is 27.5 Å². The third-order valence-electron chi connectivity index (χ3n) is 3.81. The lowest BCUT2D eigenvalue weighted by Crippen LogP contribution is -2.32. The van der Waals surface area contributed by atoms with Crippen molar-refractivity contribution in [2.45, 2.75) is 12.7 Å². The molecule has 0 fully saturated rings. The number of imidazole rings is 1. The van der Waals surface area contributed by atoms with Gasteiger partial charge in [0, 0.05) is 13.1 Å². The number of fused-ring (bicyclic) bond motifs is 1. The number of aromatic nitrogens is 2. The van der Waals surface area contributed by atoms with Gasteiger partial charge < -0.3 is 19.9 Å². The quantitative estimate of drug-likeness (QED) is 0.626. The highest BCUT2D eigenvalue weighted by Gasteiger charge is 2.37. The van der Waals surface area contributed by atoms with Crippen LogP contribution in [0, 0.1) is 0 Å². The maximum absolute atomic E-state index is 13.3. The van der Waals surface area contributed by atoms with Gasteiger partial charge in [-0.15, -0.1) is 11.3 Å². The molecule has 2 heterocycles. The van der Waals surface area contributed by atoms with Crippen LogP contribution >= 0.6 is 11.3 Å². The van der Waals surface area contributed by atoms with E-state index in [1.54, 1.807) is 17.5 Å². The highest BCUT2D eigenvalue weighted by atomic mass is 32.1. The first-order valence-electron chi connectivity index (χ1n) is 8.04. The highest BCUT2D eigenvalue weighted by molar-refractivity contribution is 7.12. The molecule has 148 valence electrons. The van der Waals surface area contributed by atoms with Crippen molar-refractivity contribution in [3.8, 4) is 0 Å². The number of thiophene rings is 1. The largest absolute Gasteiger partial charge is 0.465 e. The first-order chi connectivity index (χ1) is 13.3. The van der Waals surface area contributed by atoms with Gasteiger partial charge in [-0.2, -0.15) is 13.2 Å². The smallest absolute Gasteiger partial charge is 0.449 e. The molecule has 11 heteroatoms. The van der Waals surface area contributed by atoms with Crippen molar-refractivity contribution in [2.75, 3.05) is 19.0 Å². The van der Waals surface area contributed by atoms with Crippen LogP contribution in [0.2, 0.25) is 0 Å². The zero-order valence-electron chi connectivity index (χ0n) is 14.5. The summed E-state index contributed by atoms with van der Waals surface area (Å²) < 4.78 is 45.4. The van der Waals surface area contributed by atoms with Gasteiger partial charge in [0.1, 0.15) is 4.88 Å². The number of para-hydroxylation sites is 2. The van der Waals surface area contributed by atoms with Crippen LogP contribution in [-0.2, 0) is 17.5 Å². The average molecular weight is 412 g/mol. The van der Waals surface area contributed by atoms with Gasteiger partial charge >= 0.3 is 18.2 Å². The number of anilines is 1. The number of carbonyl (C=O) groups is 2. The van der Waals surface area contributed by atoms with Crippen molar-refractivity contribution in [2.24, 2.45) is 0 Å². The van der Waals surface area contributed by atoms with Gasteiger partial charge in [0.05, 0.1) is 23.8 Å². The molecule has 0 bridgehead atoms. The van der Waals surface area contributed by atoms with E-state index in [0.717, 1.165) is 15.9 Å². The topological polar surface area (TPSA) is 85.2 Å². The predicted molar refractivity (Wildman–Crippen MR) is 97.4 cm³/mol. The number of rotatable bonds is 5. The Hall–Kier alpha value is -3.08. The minimum Gasteiger partial charge on any atom is -0.465 e. The number of halogens is 3. The Morgan fingerprint density at radius 2 is 2.00 bits per heavy atom. The molecular formula is C17H15F3N4O3S. The van der Waals surface area contributed by atoms with Crippen LogP contribution in [-0.4, -0.2) is 35.2 Å². The van der Waals surface area contributed by atoms with Gasteiger partial charge in [0.2, 0.25) is 5.82 Å². The van der Waals surface area contributed by atoms with Gasteiger partial charge in [-0.3, -0.25) is 0 Å². The number of carbonyl (C=O) groups excluding carboxylic acids is 2. The number of ether oxygens (including phenoxy) is 1. The van der Waals surface area contributed by atoms with E-state index in [9.17, 15) is 22.8 Å². The Labute approximate surface area is 161 Å². The molecule has 1 aromatic carbocycles. The van der Waals surface area contributed by atoms with Crippen molar-refractivity contribution in [3.63, 3.8) is 0 Å². The van der Waals surface area contributed by atoms with E-state index >= 15 is 0 Å². The molecule has 0 saturated carbocycles. The summed E-state index contributed by atoms with van der Waals surface area (Å²) in [7, 11) is 1.22. The van der Waals surface area contributed by atoms with Crippen LogP contribution in [0.3, 0.4) is 0 Å². The number of hydrogen-bond donors (Lipinski definition) is 2. The molecule has 0 unspecified atom stereocenters. The number of nitrogens with zero attached hydrogens (tertiary/aromatic N) is 2. The third-order valence-corrected chi connectivity index (χ3v) is 4.71. The van der Waals surface area contributed by atoms with E-state index in [1.165, 1.54) is 25.3 Å². The summed E-state index contributed by atoms with van der Waals surface area (Å²) in [5, 5.41) is 6.56. The number of urea groups is 1. The normalized spacial score (nSPS) is 11.4. The highest BCUT2D eigenvalue weighted by Crippen LogP contribution is 2.31. The fraction of sp³-hybridized carbons (Fsp3) is 0.235. The van der Waals surface area contributed by atoms with Crippen molar-refractivity contribution in [3.05, 3.63) is 46.4 Å². The zero-order valence-corrected chi connectivity index (χ0v) is 15.4. The number of esters is 1. The second kappa shape index (κ2) is 7.89. The monoisotopic (exact) mass is 412 g/mol. The van der Waals surface area contributed by atoms with Gasteiger partial charge in [-0.1, -0.05) is 12.1 Å². The van der Waals surface area contributed by atoms with Crippen LogP contribution in [0.4, 0.5) is 23.7 Å². The Morgan fingerprint density at radius 3 is 2.71 bits per heavy atom. The number of hydrogen-bond acceptors (Lipinski definition) is 5. The zero-order chi connectivity index (χ0) is 20.3. The number of methoxy groups -OCH3 is 1. The predicted octanol–water partition coefficient (Wildman–Crippen LogP) is 3.72. The third kappa shape index (κ3) is 4.09. The number of alkyl halides is 3. The van der Waals surface area contributed by atoms with Crippen molar-refractivity contribution in [1.29, 1.82) is 0 Å². The standard InChI is InChI=1S/C17H15F3N4O3S/c1-27-14(25)13-11(6-9-28-13)23-16(26)21-7-8-24-12-5-3-2-4-10(12)22-15(24)17(18,19)20/h2-6,9H,7-8H2,1H3,(H2,21,23,26). The van der Waals surface area contributed by atoms with E-state index < -0.39 is 24.0 Å². The van der Waals surface area contributed by atoms with E-state index in [2.05, 4.69) is 20.4 Å². The Bertz CT molecular complexity index is 1010. The number of amides is 2. The molecule has 7 nitrogen and oxygen atoms in total. The lowest BCUT2D eigenvalue weighted by atomic mass is 10.3. The Morgan fingerprint density at radius 1 is 1.25 bits per heavy atom. The molecule has 0 aliphatic heterocycles. The molecule has 0 radical (unpaired) electrons. The summed E-state index contributed by atoms with van der Waals surface area (Å²) >= 11 is 1.10.